The van der Waals surface area contributed by atoms with E-state index in [2.05, 4.69) is 9.97 Å². The Morgan fingerprint density at radius 3 is 2.71 bits per heavy atom. The number of pyridine rings is 1. The molecule has 3 aromatic rings. The Labute approximate surface area is 95.3 Å². The number of amides is 1. The number of carbonyl (C=O) groups is 1. The highest BCUT2D eigenvalue weighted by molar-refractivity contribution is 6.14. The maximum Gasteiger partial charge on any atom is 0.262 e. The van der Waals surface area contributed by atoms with Gasteiger partial charge in [0.2, 0.25) is 0 Å². The van der Waals surface area contributed by atoms with Gasteiger partial charge in [-0.15, -0.1) is 0 Å². The van der Waals surface area contributed by atoms with Crippen LogP contribution in [-0.2, 0) is 0 Å². The highest BCUT2D eigenvalue weighted by atomic mass is 16.2. The fourth-order valence-electron chi connectivity index (χ4n) is 2.07. The van der Waals surface area contributed by atoms with Crippen LogP contribution in [0.2, 0.25) is 0 Å². The number of nitrogens with one attached hydrogen (secondary N) is 2. The lowest BCUT2D eigenvalue weighted by molar-refractivity contribution is 0.100. The summed E-state index contributed by atoms with van der Waals surface area (Å²) in [4.78, 5) is 28.4. The first kappa shape index (κ1) is 9.65. The standard InChI is InChI=1S/C12H9N3O2/c13-11(16)9-10-7(5-14-12(9)17)6-3-1-2-4-8(6)15-10/h1-5,15H,(H2,13,16)(H,14,17). The van der Waals surface area contributed by atoms with Gasteiger partial charge in [0.05, 0.1) is 5.52 Å². The van der Waals surface area contributed by atoms with Crippen molar-refractivity contribution in [1.29, 1.82) is 0 Å². The number of primary amides is 1. The predicted octanol–water partition coefficient (Wildman–Crippen LogP) is 1.11. The van der Waals surface area contributed by atoms with Gasteiger partial charge >= 0.3 is 0 Å². The summed E-state index contributed by atoms with van der Waals surface area (Å²) in [6.45, 7) is 0. The average Bonchev–Trinajstić information content (AvgIpc) is 2.66. The van der Waals surface area contributed by atoms with E-state index < -0.39 is 11.5 Å². The lowest BCUT2D eigenvalue weighted by Gasteiger charge is -1.96. The van der Waals surface area contributed by atoms with Crippen LogP contribution in [0.25, 0.3) is 21.8 Å². The molecule has 0 bridgehead atoms. The first-order valence-electron chi connectivity index (χ1n) is 5.10. The Morgan fingerprint density at radius 1 is 1.18 bits per heavy atom. The number of carbonyl (C=O) groups excluding carboxylic acids is 1. The van der Waals surface area contributed by atoms with Crippen molar-refractivity contribution in [2.75, 3.05) is 0 Å². The molecule has 5 nitrogen and oxygen atoms in total. The van der Waals surface area contributed by atoms with Crippen LogP contribution in [0.5, 0.6) is 0 Å². The summed E-state index contributed by atoms with van der Waals surface area (Å²) in [5.41, 5.74) is 6.07. The van der Waals surface area contributed by atoms with Gasteiger partial charge in [0.1, 0.15) is 5.56 Å². The zero-order chi connectivity index (χ0) is 12.0. The minimum absolute atomic E-state index is 0.0290. The van der Waals surface area contributed by atoms with E-state index in [1.165, 1.54) is 0 Å². The molecule has 0 radical (unpaired) electrons. The van der Waals surface area contributed by atoms with Crippen LogP contribution in [0.15, 0.2) is 35.3 Å². The van der Waals surface area contributed by atoms with E-state index in [-0.39, 0.29) is 5.56 Å². The number of nitrogens with two attached hydrogens (primary N) is 1. The van der Waals surface area contributed by atoms with Gasteiger partial charge in [0.15, 0.2) is 0 Å². The zero-order valence-corrected chi connectivity index (χ0v) is 8.78. The smallest absolute Gasteiger partial charge is 0.262 e. The summed E-state index contributed by atoms with van der Waals surface area (Å²) in [7, 11) is 0. The highest BCUT2D eigenvalue weighted by Gasteiger charge is 2.15. The summed E-state index contributed by atoms with van der Waals surface area (Å²) in [6.07, 6.45) is 1.59. The molecule has 5 heteroatoms. The molecule has 1 aromatic carbocycles. The number of rotatable bonds is 1. The van der Waals surface area contributed by atoms with E-state index in [4.69, 9.17) is 5.73 Å². The molecule has 0 unspecified atom stereocenters. The van der Waals surface area contributed by atoms with Crippen LogP contribution >= 0.6 is 0 Å². The van der Waals surface area contributed by atoms with Gasteiger partial charge < -0.3 is 15.7 Å². The Bertz CT molecular complexity index is 798. The van der Waals surface area contributed by atoms with Crippen molar-refractivity contribution < 1.29 is 4.79 Å². The molecule has 1 amide bonds. The topological polar surface area (TPSA) is 91.7 Å². The van der Waals surface area contributed by atoms with Crippen molar-refractivity contribution >= 4 is 27.7 Å². The second-order valence-electron chi connectivity index (χ2n) is 3.82. The van der Waals surface area contributed by atoms with Crippen LogP contribution in [0.3, 0.4) is 0 Å². The van der Waals surface area contributed by atoms with Gasteiger partial charge in [-0.1, -0.05) is 18.2 Å². The summed E-state index contributed by atoms with van der Waals surface area (Å²) >= 11 is 0. The Morgan fingerprint density at radius 2 is 1.94 bits per heavy atom. The van der Waals surface area contributed by atoms with Crippen LogP contribution in [0.4, 0.5) is 0 Å². The van der Waals surface area contributed by atoms with Gasteiger partial charge in [-0.3, -0.25) is 9.59 Å². The fraction of sp³-hybridized carbons (Fsp3) is 0. The van der Waals surface area contributed by atoms with Crippen LogP contribution < -0.4 is 11.3 Å². The monoisotopic (exact) mass is 227 g/mol. The van der Waals surface area contributed by atoms with Crippen LogP contribution in [0, 0.1) is 0 Å². The maximum absolute atomic E-state index is 11.6. The zero-order valence-electron chi connectivity index (χ0n) is 8.78. The minimum atomic E-state index is -0.733. The lowest BCUT2D eigenvalue weighted by Crippen LogP contribution is -2.23. The highest BCUT2D eigenvalue weighted by Crippen LogP contribution is 2.24. The van der Waals surface area contributed by atoms with Gasteiger partial charge in [-0.05, 0) is 6.07 Å². The third kappa shape index (κ3) is 1.25. The quantitative estimate of drug-likeness (QED) is 0.581. The number of benzene rings is 1. The van der Waals surface area contributed by atoms with Crippen LogP contribution in [0.1, 0.15) is 10.4 Å². The van der Waals surface area contributed by atoms with E-state index in [1.54, 1.807) is 6.20 Å². The van der Waals surface area contributed by atoms with Gasteiger partial charge in [-0.2, -0.15) is 0 Å². The molecule has 0 saturated heterocycles. The fourth-order valence-corrected chi connectivity index (χ4v) is 2.07. The number of fused-ring (bicyclic) bond motifs is 3. The molecule has 3 rings (SSSR count). The van der Waals surface area contributed by atoms with E-state index in [1.807, 2.05) is 24.3 Å². The third-order valence-corrected chi connectivity index (χ3v) is 2.82. The molecular weight excluding hydrogens is 218 g/mol. The van der Waals surface area contributed by atoms with E-state index in [0.29, 0.717) is 5.52 Å². The molecule has 84 valence electrons. The number of aromatic amines is 2. The summed E-state index contributed by atoms with van der Waals surface area (Å²) in [5.74, 6) is -0.733. The summed E-state index contributed by atoms with van der Waals surface area (Å²) in [6, 6.07) is 7.57. The number of aromatic nitrogens is 2. The molecule has 0 aliphatic carbocycles. The molecule has 0 saturated carbocycles. The Kier molecular flexibility index (Phi) is 1.82. The molecule has 2 heterocycles. The second-order valence-corrected chi connectivity index (χ2v) is 3.82. The maximum atomic E-state index is 11.6. The molecule has 0 spiro atoms. The van der Waals surface area contributed by atoms with Crippen molar-refractivity contribution in [1.82, 2.24) is 9.97 Å². The number of para-hydroxylation sites is 1. The van der Waals surface area contributed by atoms with Gasteiger partial charge in [0, 0.05) is 22.5 Å². The largest absolute Gasteiger partial charge is 0.365 e. The first-order chi connectivity index (χ1) is 8.18. The molecule has 0 fully saturated rings. The number of hydrogen-bond donors (Lipinski definition) is 3. The second kappa shape index (κ2) is 3.21. The molecule has 17 heavy (non-hydrogen) atoms. The summed E-state index contributed by atoms with van der Waals surface area (Å²) in [5, 5.41) is 1.73. The van der Waals surface area contributed by atoms with Crippen molar-refractivity contribution in [2.45, 2.75) is 0 Å². The van der Waals surface area contributed by atoms with E-state index in [0.717, 1.165) is 16.3 Å². The van der Waals surface area contributed by atoms with Crippen molar-refractivity contribution in [3.8, 4) is 0 Å². The minimum Gasteiger partial charge on any atom is -0.365 e. The average molecular weight is 227 g/mol. The van der Waals surface area contributed by atoms with Crippen molar-refractivity contribution in [3.05, 3.63) is 46.4 Å². The normalized spacial score (nSPS) is 11.1. The third-order valence-electron chi connectivity index (χ3n) is 2.82. The molecule has 0 atom stereocenters. The first-order valence-corrected chi connectivity index (χ1v) is 5.10. The number of hydrogen-bond acceptors (Lipinski definition) is 2. The number of H-pyrrole nitrogens is 2. The SMILES string of the molecule is NC(=O)c1c(=O)[nH]cc2c1[nH]c1ccccc12. The van der Waals surface area contributed by atoms with Gasteiger partial charge in [-0.25, -0.2) is 0 Å². The van der Waals surface area contributed by atoms with Crippen molar-refractivity contribution in [3.63, 3.8) is 0 Å². The van der Waals surface area contributed by atoms with E-state index in [9.17, 15) is 9.59 Å². The van der Waals surface area contributed by atoms with Crippen molar-refractivity contribution in [2.24, 2.45) is 5.73 Å². The lowest BCUT2D eigenvalue weighted by atomic mass is 10.1. The Balaban J connectivity index is 2.60. The molecular formula is C12H9N3O2. The van der Waals surface area contributed by atoms with Crippen LogP contribution in [-0.4, -0.2) is 15.9 Å². The molecule has 2 aromatic heterocycles. The molecule has 0 aliphatic rings. The molecule has 4 N–H and O–H groups in total. The van der Waals surface area contributed by atoms with E-state index >= 15 is 0 Å². The predicted molar refractivity (Wildman–Crippen MR) is 64.9 cm³/mol. The Hall–Kier alpha value is -2.56. The van der Waals surface area contributed by atoms with Gasteiger partial charge in [0.25, 0.3) is 11.5 Å². The summed E-state index contributed by atoms with van der Waals surface area (Å²) < 4.78 is 0. The molecule has 0 aliphatic heterocycles.